The van der Waals surface area contributed by atoms with Crippen LogP contribution in [0, 0.1) is 5.82 Å². The second kappa shape index (κ2) is 7.04. The molecule has 2 N–H and O–H groups in total. The maximum Gasteiger partial charge on any atom is 0.165 e. The van der Waals surface area contributed by atoms with E-state index in [0.29, 0.717) is 18.8 Å². The molecule has 0 aliphatic carbocycles. The summed E-state index contributed by atoms with van der Waals surface area (Å²) in [4.78, 5) is 0. The Kier molecular flexibility index (Phi) is 5.38. The Hall–Kier alpha value is -1.13. The van der Waals surface area contributed by atoms with Crippen molar-refractivity contribution in [3.63, 3.8) is 0 Å². The second-order valence-electron chi connectivity index (χ2n) is 5.59. The van der Waals surface area contributed by atoms with Gasteiger partial charge in [-0.25, -0.2) is 4.39 Å². The Labute approximate surface area is 120 Å². The molecule has 3 atom stereocenters. The molecule has 3 unspecified atom stereocenters. The summed E-state index contributed by atoms with van der Waals surface area (Å²) < 4.78 is 25.1. The highest BCUT2D eigenvalue weighted by Crippen LogP contribution is 2.23. The molecule has 1 aromatic rings. The zero-order valence-corrected chi connectivity index (χ0v) is 12.3. The number of rotatable bonds is 6. The maximum atomic E-state index is 13.9. The lowest BCUT2D eigenvalue weighted by Gasteiger charge is -2.14. The zero-order chi connectivity index (χ0) is 14.5. The summed E-state index contributed by atoms with van der Waals surface area (Å²) >= 11 is 0. The molecule has 0 spiro atoms. The Bertz CT molecular complexity index is 438. The van der Waals surface area contributed by atoms with Crippen LogP contribution < -0.4 is 10.5 Å². The standard InChI is InChI=1S/C16H24FNO2/c1-3-13(18)8-12-5-7-16(15(17)9-12)19-10-14-6-4-11(2)20-14/h5,7,9,11,13-14H,3-4,6,8,10,18H2,1-2H3. The molecule has 0 amide bonds. The molecule has 0 radical (unpaired) electrons. The highest BCUT2D eigenvalue weighted by Gasteiger charge is 2.22. The number of nitrogens with two attached hydrogens (primary N) is 1. The summed E-state index contributed by atoms with van der Waals surface area (Å²) in [6.07, 6.45) is 3.97. The minimum atomic E-state index is -0.322. The van der Waals surface area contributed by atoms with Crippen LogP contribution in [-0.2, 0) is 11.2 Å². The van der Waals surface area contributed by atoms with Crippen LogP contribution in [0.4, 0.5) is 4.39 Å². The zero-order valence-electron chi connectivity index (χ0n) is 12.3. The van der Waals surface area contributed by atoms with Crippen molar-refractivity contribution < 1.29 is 13.9 Å². The molecular weight excluding hydrogens is 257 g/mol. The van der Waals surface area contributed by atoms with Gasteiger partial charge >= 0.3 is 0 Å². The van der Waals surface area contributed by atoms with Gasteiger partial charge in [0, 0.05) is 6.04 Å². The molecule has 0 bridgehead atoms. The summed E-state index contributed by atoms with van der Waals surface area (Å²) in [6, 6.07) is 5.16. The van der Waals surface area contributed by atoms with E-state index in [1.54, 1.807) is 6.07 Å². The third-order valence-electron chi connectivity index (χ3n) is 3.76. The van der Waals surface area contributed by atoms with E-state index in [9.17, 15) is 4.39 Å². The van der Waals surface area contributed by atoms with Crippen LogP contribution in [0.5, 0.6) is 5.75 Å². The number of benzene rings is 1. The van der Waals surface area contributed by atoms with Crippen molar-refractivity contribution in [3.8, 4) is 5.75 Å². The predicted molar refractivity (Wildman–Crippen MR) is 77.4 cm³/mol. The van der Waals surface area contributed by atoms with Crippen LogP contribution in [0.25, 0.3) is 0 Å². The quantitative estimate of drug-likeness (QED) is 0.871. The van der Waals surface area contributed by atoms with Gasteiger partial charge in [0.1, 0.15) is 6.61 Å². The van der Waals surface area contributed by atoms with Gasteiger partial charge in [0.2, 0.25) is 0 Å². The Morgan fingerprint density at radius 1 is 1.45 bits per heavy atom. The first-order valence-electron chi connectivity index (χ1n) is 7.40. The first kappa shape index (κ1) is 15.3. The Balaban J connectivity index is 1.89. The maximum absolute atomic E-state index is 13.9. The van der Waals surface area contributed by atoms with Gasteiger partial charge < -0.3 is 15.2 Å². The first-order valence-corrected chi connectivity index (χ1v) is 7.40. The molecule has 20 heavy (non-hydrogen) atoms. The number of halogens is 1. The average molecular weight is 281 g/mol. The highest BCUT2D eigenvalue weighted by atomic mass is 19.1. The monoisotopic (exact) mass is 281 g/mol. The molecule has 1 fully saturated rings. The predicted octanol–water partition coefficient (Wildman–Crippen LogP) is 3.05. The molecule has 0 aromatic heterocycles. The van der Waals surface area contributed by atoms with Crippen LogP contribution in [-0.4, -0.2) is 24.9 Å². The van der Waals surface area contributed by atoms with E-state index in [4.69, 9.17) is 15.2 Å². The number of hydrogen-bond donors (Lipinski definition) is 1. The molecule has 1 saturated heterocycles. The van der Waals surface area contributed by atoms with Crippen molar-refractivity contribution in [3.05, 3.63) is 29.6 Å². The van der Waals surface area contributed by atoms with Gasteiger partial charge in [-0.3, -0.25) is 0 Å². The Morgan fingerprint density at radius 2 is 2.25 bits per heavy atom. The molecule has 1 aromatic carbocycles. The van der Waals surface area contributed by atoms with Crippen LogP contribution in [0.1, 0.15) is 38.7 Å². The molecule has 0 saturated carbocycles. The van der Waals surface area contributed by atoms with Gasteiger partial charge in [-0.1, -0.05) is 13.0 Å². The minimum Gasteiger partial charge on any atom is -0.488 e. The van der Waals surface area contributed by atoms with Crippen molar-refractivity contribution in [2.75, 3.05) is 6.61 Å². The summed E-state index contributed by atoms with van der Waals surface area (Å²) in [5.74, 6) is -0.0289. The van der Waals surface area contributed by atoms with Gasteiger partial charge in [-0.2, -0.15) is 0 Å². The summed E-state index contributed by atoms with van der Waals surface area (Å²) in [5.41, 5.74) is 6.79. The summed E-state index contributed by atoms with van der Waals surface area (Å²) in [5, 5.41) is 0. The van der Waals surface area contributed by atoms with E-state index in [1.807, 2.05) is 19.9 Å². The molecule has 2 rings (SSSR count). The highest BCUT2D eigenvalue weighted by molar-refractivity contribution is 5.29. The van der Waals surface area contributed by atoms with Gasteiger partial charge in [0.25, 0.3) is 0 Å². The van der Waals surface area contributed by atoms with Crippen LogP contribution in [0.2, 0.25) is 0 Å². The lowest BCUT2D eigenvalue weighted by atomic mass is 10.0. The molecule has 1 aliphatic heterocycles. The molecule has 1 aliphatic rings. The fourth-order valence-corrected chi connectivity index (χ4v) is 2.43. The average Bonchev–Trinajstić information content (AvgIpc) is 2.83. The van der Waals surface area contributed by atoms with Crippen molar-refractivity contribution >= 4 is 0 Å². The fourth-order valence-electron chi connectivity index (χ4n) is 2.43. The number of ether oxygens (including phenoxy) is 2. The molecule has 3 nitrogen and oxygen atoms in total. The molecule has 4 heteroatoms. The van der Waals surface area contributed by atoms with Gasteiger partial charge in [-0.15, -0.1) is 0 Å². The van der Waals surface area contributed by atoms with E-state index in [2.05, 4.69) is 0 Å². The van der Waals surface area contributed by atoms with Crippen LogP contribution in [0.15, 0.2) is 18.2 Å². The van der Waals surface area contributed by atoms with E-state index in [-0.39, 0.29) is 24.1 Å². The van der Waals surface area contributed by atoms with E-state index in [0.717, 1.165) is 24.8 Å². The van der Waals surface area contributed by atoms with Crippen molar-refractivity contribution in [1.82, 2.24) is 0 Å². The minimum absolute atomic E-state index is 0.0783. The van der Waals surface area contributed by atoms with Gasteiger partial charge in [0.05, 0.1) is 12.2 Å². The van der Waals surface area contributed by atoms with Crippen LogP contribution in [0.3, 0.4) is 0 Å². The van der Waals surface area contributed by atoms with Crippen molar-refractivity contribution in [2.45, 2.75) is 57.8 Å². The third-order valence-corrected chi connectivity index (χ3v) is 3.76. The fraction of sp³-hybridized carbons (Fsp3) is 0.625. The first-order chi connectivity index (χ1) is 9.58. The normalized spacial score (nSPS) is 23.8. The van der Waals surface area contributed by atoms with Gasteiger partial charge in [-0.05, 0) is 50.3 Å². The third kappa shape index (κ3) is 4.18. The van der Waals surface area contributed by atoms with E-state index < -0.39 is 0 Å². The molecule has 1 heterocycles. The Morgan fingerprint density at radius 3 is 2.85 bits per heavy atom. The SMILES string of the molecule is CCC(N)Cc1ccc(OCC2CCC(C)O2)c(F)c1. The summed E-state index contributed by atoms with van der Waals surface area (Å²) in [7, 11) is 0. The number of hydrogen-bond acceptors (Lipinski definition) is 3. The van der Waals surface area contributed by atoms with Crippen molar-refractivity contribution in [1.29, 1.82) is 0 Å². The largest absolute Gasteiger partial charge is 0.488 e. The van der Waals surface area contributed by atoms with Crippen molar-refractivity contribution in [2.24, 2.45) is 5.73 Å². The second-order valence-corrected chi connectivity index (χ2v) is 5.59. The molecular formula is C16H24FNO2. The van der Waals surface area contributed by atoms with Gasteiger partial charge in [0.15, 0.2) is 11.6 Å². The van der Waals surface area contributed by atoms with E-state index in [1.165, 1.54) is 6.07 Å². The van der Waals surface area contributed by atoms with Crippen LogP contribution >= 0.6 is 0 Å². The van der Waals surface area contributed by atoms with E-state index >= 15 is 0 Å². The topological polar surface area (TPSA) is 44.5 Å². The summed E-state index contributed by atoms with van der Waals surface area (Å²) in [6.45, 7) is 4.49. The smallest absolute Gasteiger partial charge is 0.165 e. The molecule has 112 valence electrons. The lowest BCUT2D eigenvalue weighted by molar-refractivity contribution is 0.0256. The lowest BCUT2D eigenvalue weighted by Crippen LogP contribution is -2.21.